The van der Waals surface area contributed by atoms with Gasteiger partial charge in [-0.2, -0.15) is 0 Å². The van der Waals surface area contributed by atoms with Crippen LogP contribution in [0.1, 0.15) is 23.6 Å². The molecule has 0 amide bonds. The highest BCUT2D eigenvalue weighted by molar-refractivity contribution is 7.89. The van der Waals surface area contributed by atoms with Crippen LogP contribution in [0.2, 0.25) is 0 Å². The van der Waals surface area contributed by atoms with E-state index >= 15 is 0 Å². The summed E-state index contributed by atoms with van der Waals surface area (Å²) >= 11 is 0. The summed E-state index contributed by atoms with van der Waals surface area (Å²) in [5.74, 6) is 0.881. The average molecular weight is 534 g/mol. The number of aryl methyl sites for hydroxylation is 1. The lowest BCUT2D eigenvalue weighted by Gasteiger charge is -2.24. The van der Waals surface area contributed by atoms with E-state index in [1.54, 1.807) is 11.0 Å². The molecule has 0 spiro atoms. The summed E-state index contributed by atoms with van der Waals surface area (Å²) in [6, 6.07) is 25.1. The zero-order valence-electron chi connectivity index (χ0n) is 21.1. The molecule has 3 N–H and O–H groups in total. The highest BCUT2D eigenvalue weighted by Gasteiger charge is 2.37. The first kappa shape index (κ1) is 26.1. The normalized spacial score (nSPS) is 18.6. The van der Waals surface area contributed by atoms with Gasteiger partial charge < -0.3 is 19.8 Å². The maximum atomic E-state index is 13.9. The summed E-state index contributed by atoms with van der Waals surface area (Å²) in [7, 11) is -4.09. The van der Waals surface area contributed by atoms with E-state index in [1.807, 2.05) is 85.8 Å². The van der Waals surface area contributed by atoms with Gasteiger partial charge in [0.05, 0.1) is 12.1 Å². The monoisotopic (exact) mass is 533 g/mol. The fraction of sp³-hybridized carbons (Fsp3) is 0.276. The Morgan fingerprint density at radius 2 is 1.74 bits per heavy atom. The Hall–Kier alpha value is -3.50. The van der Waals surface area contributed by atoms with Crippen LogP contribution < -0.4 is 14.4 Å². The molecule has 3 atom stereocenters. The lowest BCUT2D eigenvalue weighted by molar-refractivity contribution is 0.0738. The van der Waals surface area contributed by atoms with Gasteiger partial charge in [-0.3, -0.25) is 0 Å². The number of pyridine rings is 1. The molecule has 1 saturated heterocycles. The van der Waals surface area contributed by atoms with E-state index in [1.165, 1.54) is 0 Å². The highest BCUT2D eigenvalue weighted by atomic mass is 32.2. The molecule has 1 fully saturated rings. The number of rotatable bonds is 9. The van der Waals surface area contributed by atoms with Crippen molar-refractivity contribution in [3.05, 3.63) is 96.1 Å². The third kappa shape index (κ3) is 5.51. The Kier molecular flexibility index (Phi) is 7.62. The highest BCUT2D eigenvalue weighted by Crippen LogP contribution is 2.33. The molecule has 4 aromatic rings. The number of aliphatic hydroxyl groups excluding tert-OH is 2. The molecule has 5 rings (SSSR count). The van der Waals surface area contributed by atoms with Crippen LogP contribution in [0.3, 0.4) is 0 Å². The molecule has 38 heavy (non-hydrogen) atoms. The number of nitrogens with one attached hydrogen (secondary N) is 1. The molecule has 3 aromatic carbocycles. The topological polar surface area (TPSA) is 112 Å². The minimum Gasteiger partial charge on any atom is -0.486 e. The second-order valence-corrected chi connectivity index (χ2v) is 11.2. The number of para-hydroxylation sites is 2. The zero-order chi connectivity index (χ0) is 26.7. The molecule has 8 nitrogen and oxygen atoms in total. The summed E-state index contributed by atoms with van der Waals surface area (Å²) in [5, 5.41) is 21.2. The SMILES string of the molecule is Cc1ccccc1C(CCO)NS(=O)(=O)c1cc2ccccc2nc1N1C[C@@H](O)[C@H](Oc2ccccc2)C1. The van der Waals surface area contributed by atoms with Gasteiger partial charge >= 0.3 is 0 Å². The van der Waals surface area contributed by atoms with Gasteiger partial charge in [0, 0.05) is 24.6 Å². The van der Waals surface area contributed by atoms with E-state index in [4.69, 9.17) is 9.72 Å². The van der Waals surface area contributed by atoms with Gasteiger partial charge in [-0.25, -0.2) is 18.1 Å². The number of aromatic nitrogens is 1. The molecule has 1 unspecified atom stereocenters. The summed E-state index contributed by atoms with van der Waals surface area (Å²) in [5.41, 5.74) is 2.37. The van der Waals surface area contributed by atoms with Crippen molar-refractivity contribution in [1.29, 1.82) is 0 Å². The van der Waals surface area contributed by atoms with E-state index in [2.05, 4.69) is 4.72 Å². The smallest absolute Gasteiger partial charge is 0.244 e. The molecular weight excluding hydrogens is 502 g/mol. The molecule has 0 bridgehead atoms. The van der Waals surface area contributed by atoms with Crippen molar-refractivity contribution in [3.8, 4) is 5.75 Å². The van der Waals surface area contributed by atoms with Gasteiger partial charge in [0.2, 0.25) is 10.0 Å². The first-order valence-corrected chi connectivity index (χ1v) is 14.1. The third-order valence-corrected chi connectivity index (χ3v) is 8.28. The number of fused-ring (bicyclic) bond motifs is 1. The number of benzene rings is 3. The van der Waals surface area contributed by atoms with Crippen LogP contribution in [0, 0.1) is 6.92 Å². The standard InChI is InChI=1S/C29H31N3O5S/c1-20-9-5-7-13-23(20)25(15-16-33)31-38(35,36)28-17-21-10-6-8-14-24(21)30-29(28)32-18-26(34)27(19-32)37-22-11-3-2-4-12-22/h2-14,17,25-27,31,33-34H,15-16,18-19H2,1H3/t25?,26-,27-/m1/s1. The number of sulfonamides is 1. The molecule has 0 aliphatic carbocycles. The van der Waals surface area contributed by atoms with Gasteiger partial charge in [-0.1, -0.05) is 60.7 Å². The van der Waals surface area contributed by atoms with E-state index < -0.39 is 28.3 Å². The molecule has 1 aliphatic rings. The summed E-state index contributed by atoms with van der Waals surface area (Å²) in [6.07, 6.45) is -1.17. The van der Waals surface area contributed by atoms with E-state index in [-0.39, 0.29) is 36.8 Å². The van der Waals surface area contributed by atoms with Crippen molar-refractivity contribution >= 4 is 26.7 Å². The second-order valence-electron chi connectivity index (χ2n) is 9.49. The number of ether oxygens (including phenoxy) is 1. The van der Waals surface area contributed by atoms with E-state index in [0.717, 1.165) is 11.1 Å². The molecule has 0 radical (unpaired) electrons. The molecule has 1 aromatic heterocycles. The fourth-order valence-electron chi connectivity index (χ4n) is 4.87. The first-order valence-electron chi connectivity index (χ1n) is 12.6. The average Bonchev–Trinajstić information content (AvgIpc) is 3.28. The molecular formula is C29H31N3O5S. The largest absolute Gasteiger partial charge is 0.486 e. The maximum absolute atomic E-state index is 13.9. The molecule has 1 aliphatic heterocycles. The van der Waals surface area contributed by atoms with Crippen LogP contribution >= 0.6 is 0 Å². The van der Waals surface area contributed by atoms with Gasteiger partial charge in [0.1, 0.15) is 28.7 Å². The summed E-state index contributed by atoms with van der Waals surface area (Å²) < 4.78 is 36.7. The van der Waals surface area contributed by atoms with Crippen molar-refractivity contribution in [2.45, 2.75) is 36.5 Å². The van der Waals surface area contributed by atoms with Gasteiger partial charge in [-0.15, -0.1) is 0 Å². The van der Waals surface area contributed by atoms with Crippen LogP contribution in [-0.2, 0) is 10.0 Å². The minimum absolute atomic E-state index is 0.0142. The lowest BCUT2D eigenvalue weighted by Crippen LogP contribution is -2.33. The third-order valence-electron chi connectivity index (χ3n) is 6.81. The Morgan fingerprint density at radius 3 is 2.50 bits per heavy atom. The lowest BCUT2D eigenvalue weighted by atomic mass is 10.00. The predicted octanol–water partition coefficient (Wildman–Crippen LogP) is 3.57. The Bertz CT molecular complexity index is 1510. The number of hydrogen-bond acceptors (Lipinski definition) is 7. The minimum atomic E-state index is -4.09. The van der Waals surface area contributed by atoms with Crippen LogP contribution in [0.4, 0.5) is 5.82 Å². The van der Waals surface area contributed by atoms with Crippen molar-refractivity contribution in [2.24, 2.45) is 0 Å². The number of β-amino-alcohol motifs (C(OH)–C–C–N with tert-alkyl or cyclic N) is 1. The molecule has 198 valence electrons. The predicted molar refractivity (Wildman–Crippen MR) is 147 cm³/mol. The van der Waals surface area contributed by atoms with Gasteiger partial charge in [0.25, 0.3) is 0 Å². The number of aliphatic hydroxyl groups is 2. The van der Waals surface area contributed by atoms with Crippen LogP contribution in [0.25, 0.3) is 10.9 Å². The van der Waals surface area contributed by atoms with Crippen LogP contribution in [-0.4, -0.2) is 55.5 Å². The molecule has 9 heteroatoms. The van der Waals surface area contributed by atoms with Crippen molar-refractivity contribution < 1.29 is 23.4 Å². The van der Waals surface area contributed by atoms with Gasteiger partial charge in [0.15, 0.2) is 0 Å². The van der Waals surface area contributed by atoms with Crippen molar-refractivity contribution in [3.63, 3.8) is 0 Å². The van der Waals surface area contributed by atoms with Gasteiger partial charge in [-0.05, 0) is 48.7 Å². The van der Waals surface area contributed by atoms with Crippen LogP contribution in [0.5, 0.6) is 5.75 Å². The Morgan fingerprint density at radius 1 is 1.03 bits per heavy atom. The quantitative estimate of drug-likeness (QED) is 0.302. The molecule has 0 saturated carbocycles. The number of hydrogen-bond donors (Lipinski definition) is 3. The fourth-order valence-corrected chi connectivity index (χ4v) is 6.31. The van der Waals surface area contributed by atoms with Crippen molar-refractivity contribution in [2.75, 3.05) is 24.6 Å². The van der Waals surface area contributed by atoms with E-state index in [9.17, 15) is 18.6 Å². The maximum Gasteiger partial charge on any atom is 0.244 e. The van der Waals surface area contributed by atoms with Crippen LogP contribution in [0.15, 0.2) is 89.8 Å². The second kappa shape index (κ2) is 11.1. The number of nitrogens with zero attached hydrogens (tertiary/aromatic N) is 2. The Labute approximate surface area is 222 Å². The summed E-state index contributed by atoms with van der Waals surface area (Å²) in [4.78, 5) is 6.51. The molecule has 2 heterocycles. The summed E-state index contributed by atoms with van der Waals surface area (Å²) in [6.45, 7) is 2.17. The zero-order valence-corrected chi connectivity index (χ0v) is 21.9. The van der Waals surface area contributed by atoms with Crippen molar-refractivity contribution in [1.82, 2.24) is 9.71 Å². The number of anilines is 1. The van der Waals surface area contributed by atoms with E-state index in [0.29, 0.717) is 16.7 Å². The Balaban J connectivity index is 1.51. The first-order chi connectivity index (χ1) is 18.4.